The van der Waals surface area contributed by atoms with E-state index in [9.17, 15) is 0 Å². The van der Waals surface area contributed by atoms with Crippen LogP contribution in [0.1, 0.15) is 0 Å². The summed E-state index contributed by atoms with van der Waals surface area (Å²) in [4.78, 5) is 15.7. The van der Waals surface area contributed by atoms with Crippen molar-refractivity contribution >= 4 is 23.3 Å². The maximum Gasteiger partial charge on any atom is 4.00 e. The van der Waals surface area contributed by atoms with Crippen LogP contribution in [0.3, 0.4) is 0 Å². The molecule has 0 radical (unpaired) electrons. The van der Waals surface area contributed by atoms with Gasteiger partial charge in [-0.1, -0.05) is 149 Å². The molecule has 0 atom stereocenters. The first-order chi connectivity index (χ1) is 15.7. The van der Waals surface area contributed by atoms with Crippen LogP contribution in [0.15, 0.2) is 97.6 Å². The Hall–Kier alpha value is -3.14. The van der Waals surface area contributed by atoms with Crippen molar-refractivity contribution in [1.82, 2.24) is 19.9 Å². The molecule has 0 amide bonds. The summed E-state index contributed by atoms with van der Waals surface area (Å²) in [5.74, 6) is 3.14. The molecule has 0 aromatic carbocycles. The van der Waals surface area contributed by atoms with Gasteiger partial charge in [-0.15, -0.1) is 0 Å². The first-order valence-electron chi connectivity index (χ1n) is 9.77. The fourth-order valence-corrected chi connectivity index (χ4v) is 1.94. The summed E-state index contributed by atoms with van der Waals surface area (Å²) in [6, 6.07) is 22.6. The van der Waals surface area contributed by atoms with Crippen LogP contribution in [0.5, 0.6) is 0 Å². The van der Waals surface area contributed by atoms with E-state index in [0.29, 0.717) is 0 Å². The molecule has 4 rings (SSSR count). The van der Waals surface area contributed by atoms with E-state index in [4.69, 9.17) is 0 Å². The van der Waals surface area contributed by atoms with Gasteiger partial charge >= 0.3 is 17.4 Å². The van der Waals surface area contributed by atoms with Crippen molar-refractivity contribution in [2.75, 3.05) is 28.2 Å². The third kappa shape index (κ3) is 16.5. The Labute approximate surface area is 224 Å². The molecule has 0 saturated carbocycles. The molecule has 10 heteroatoms. The summed E-state index contributed by atoms with van der Waals surface area (Å²) in [6.07, 6.45) is 6.90. The van der Waals surface area contributed by atoms with E-state index in [1.807, 2.05) is 72.8 Å². The van der Waals surface area contributed by atoms with Gasteiger partial charge in [0.1, 0.15) is 0 Å². The molecule has 0 aliphatic heterocycles. The molecular formula is C24H28Cr2N8. The number of nitrogens with zero attached hydrogens (tertiary/aromatic N) is 8. The summed E-state index contributed by atoms with van der Waals surface area (Å²) < 4.78 is 0. The zero-order chi connectivity index (χ0) is 23.3. The minimum atomic E-state index is 0. The third-order valence-corrected chi connectivity index (χ3v) is 3.51. The second-order valence-electron chi connectivity index (χ2n) is 5.65. The fourth-order valence-electron chi connectivity index (χ4n) is 1.94. The molecule has 0 unspecified atom stereocenters. The van der Waals surface area contributed by atoms with Crippen molar-refractivity contribution in [3.05, 3.63) is 119 Å². The van der Waals surface area contributed by atoms with Crippen LogP contribution >= 0.6 is 0 Å². The largest absolute Gasteiger partial charge is 4.00 e. The van der Waals surface area contributed by atoms with E-state index in [-0.39, 0.29) is 34.7 Å². The zero-order valence-electron chi connectivity index (χ0n) is 19.6. The molecule has 0 fully saturated rings. The predicted octanol–water partition coefficient (Wildman–Crippen LogP) is 6.86. The molecule has 4 heterocycles. The summed E-state index contributed by atoms with van der Waals surface area (Å²) in [6.45, 7) is 0. The summed E-state index contributed by atoms with van der Waals surface area (Å²) in [5.41, 5.74) is 0. The fraction of sp³-hybridized carbons (Fsp3) is 0.167. The molecule has 34 heavy (non-hydrogen) atoms. The second-order valence-corrected chi connectivity index (χ2v) is 5.65. The van der Waals surface area contributed by atoms with Crippen LogP contribution in [0.25, 0.3) is 21.3 Å². The molecule has 4 aromatic rings. The molecule has 0 saturated heterocycles. The minimum Gasteiger partial charge on any atom is -0.469 e. The van der Waals surface area contributed by atoms with E-state index >= 15 is 0 Å². The monoisotopic (exact) mass is 532 g/mol. The van der Waals surface area contributed by atoms with Gasteiger partial charge in [0.25, 0.3) is 0 Å². The van der Waals surface area contributed by atoms with Gasteiger partial charge in [0, 0.05) is 17.4 Å². The Bertz CT molecular complexity index is 760. The van der Waals surface area contributed by atoms with E-state index in [1.54, 1.807) is 53.0 Å². The standard InChI is InChI=1S/4C6H7N2.2Cr/c4*1-7-6-4-2-3-5-8-6;;/h4*2-5H,1H3;;/q4*-1;;+4. The van der Waals surface area contributed by atoms with Crippen LogP contribution in [0.4, 0.5) is 23.3 Å². The van der Waals surface area contributed by atoms with Crippen molar-refractivity contribution < 1.29 is 34.7 Å². The molecule has 4 aromatic heterocycles. The van der Waals surface area contributed by atoms with Crippen molar-refractivity contribution in [2.45, 2.75) is 0 Å². The molecule has 176 valence electrons. The van der Waals surface area contributed by atoms with Crippen LogP contribution in [0, 0.1) is 0 Å². The summed E-state index contributed by atoms with van der Waals surface area (Å²) in [7, 11) is 6.90. The Balaban J connectivity index is 0. The number of hydrogen-bond acceptors (Lipinski definition) is 4. The maximum absolute atomic E-state index is 3.93. The Kier molecular flexibility index (Phi) is 22.4. The van der Waals surface area contributed by atoms with Gasteiger partial charge in [-0.05, 0) is 0 Å². The van der Waals surface area contributed by atoms with Gasteiger partial charge in [0.05, 0.1) is 0 Å². The normalized spacial score (nSPS) is 8.12. The first-order valence-corrected chi connectivity index (χ1v) is 9.77. The number of rotatable bonds is 4. The van der Waals surface area contributed by atoms with Crippen LogP contribution in [0.2, 0.25) is 0 Å². The maximum atomic E-state index is 3.93. The summed E-state index contributed by atoms with van der Waals surface area (Å²) in [5, 5.41) is 15.4. The Morgan fingerprint density at radius 1 is 0.412 bits per heavy atom. The van der Waals surface area contributed by atoms with Gasteiger partial charge in [-0.3, -0.25) is 0 Å². The molecule has 0 spiro atoms. The van der Waals surface area contributed by atoms with Crippen molar-refractivity contribution in [2.24, 2.45) is 0 Å². The van der Waals surface area contributed by atoms with E-state index < -0.39 is 0 Å². The van der Waals surface area contributed by atoms with E-state index in [0.717, 1.165) is 23.3 Å². The van der Waals surface area contributed by atoms with E-state index in [2.05, 4.69) is 41.2 Å². The van der Waals surface area contributed by atoms with Crippen LogP contribution in [-0.4, -0.2) is 48.1 Å². The van der Waals surface area contributed by atoms with E-state index in [1.165, 1.54) is 0 Å². The molecular weight excluding hydrogens is 504 g/mol. The van der Waals surface area contributed by atoms with Gasteiger partial charge < -0.3 is 41.2 Å². The second kappa shape index (κ2) is 23.0. The molecule has 0 aliphatic rings. The Morgan fingerprint density at radius 2 is 0.618 bits per heavy atom. The number of pyridine rings is 4. The molecule has 8 nitrogen and oxygen atoms in total. The molecule has 0 N–H and O–H groups in total. The Morgan fingerprint density at radius 3 is 0.706 bits per heavy atom. The number of aromatic nitrogens is 4. The summed E-state index contributed by atoms with van der Waals surface area (Å²) >= 11 is 0. The van der Waals surface area contributed by atoms with Gasteiger partial charge in [-0.25, -0.2) is 0 Å². The zero-order valence-corrected chi connectivity index (χ0v) is 22.2. The number of hydrogen-bond donors (Lipinski definition) is 0. The smallest absolute Gasteiger partial charge is 0.469 e. The first kappa shape index (κ1) is 33.0. The van der Waals surface area contributed by atoms with Gasteiger partial charge in [0.2, 0.25) is 0 Å². The van der Waals surface area contributed by atoms with Gasteiger partial charge in [0.15, 0.2) is 0 Å². The van der Waals surface area contributed by atoms with Crippen molar-refractivity contribution in [3.8, 4) is 0 Å². The van der Waals surface area contributed by atoms with Crippen LogP contribution < -0.4 is 0 Å². The predicted molar refractivity (Wildman–Crippen MR) is 133 cm³/mol. The SMILES string of the molecule is C[N-]c1ccccn1.C[N-]c1ccccn1.C[N-]c1ccccn1.C[N-]c1ccccn1.[Cr+4].[Cr]. The third-order valence-electron chi connectivity index (χ3n) is 3.51. The topological polar surface area (TPSA) is 108 Å². The van der Waals surface area contributed by atoms with Crippen LogP contribution in [-0.2, 0) is 34.7 Å². The molecule has 0 aliphatic carbocycles. The quantitative estimate of drug-likeness (QED) is 0.286. The van der Waals surface area contributed by atoms with Gasteiger partial charge in [-0.2, -0.15) is 0 Å². The van der Waals surface area contributed by atoms with Crippen molar-refractivity contribution in [3.63, 3.8) is 0 Å². The van der Waals surface area contributed by atoms with Crippen molar-refractivity contribution in [1.29, 1.82) is 0 Å². The molecule has 0 bridgehead atoms. The average Bonchev–Trinajstić information content (AvgIpc) is 2.91. The minimum absolute atomic E-state index is 0. The average molecular weight is 533 g/mol.